The molecule has 1 saturated heterocycles. The van der Waals surface area contributed by atoms with Gasteiger partial charge in [0.2, 0.25) is 10.0 Å². The summed E-state index contributed by atoms with van der Waals surface area (Å²) >= 11 is 0. The van der Waals surface area contributed by atoms with Gasteiger partial charge in [0.1, 0.15) is 5.82 Å². The molecule has 2 rings (SSSR count). The van der Waals surface area contributed by atoms with Crippen molar-refractivity contribution in [2.45, 2.75) is 31.8 Å². The summed E-state index contributed by atoms with van der Waals surface area (Å²) in [4.78, 5) is 2.22. The lowest BCUT2D eigenvalue weighted by Crippen LogP contribution is -2.48. The van der Waals surface area contributed by atoms with Gasteiger partial charge in [0.15, 0.2) is 0 Å². The number of hydrogen-bond acceptors (Lipinski definition) is 4. The van der Waals surface area contributed by atoms with Crippen molar-refractivity contribution in [2.24, 2.45) is 5.92 Å². The third-order valence-electron chi connectivity index (χ3n) is 3.80. The van der Waals surface area contributed by atoms with E-state index in [9.17, 15) is 12.8 Å². The van der Waals surface area contributed by atoms with Gasteiger partial charge in [-0.2, -0.15) is 0 Å². The summed E-state index contributed by atoms with van der Waals surface area (Å²) in [6, 6.07) is 3.92. The van der Waals surface area contributed by atoms with E-state index >= 15 is 0 Å². The first-order chi connectivity index (χ1) is 10.8. The highest BCUT2D eigenvalue weighted by Crippen LogP contribution is 2.14. The van der Waals surface area contributed by atoms with Gasteiger partial charge in [0.05, 0.1) is 17.6 Å². The maximum atomic E-state index is 13.6. The second kappa shape index (κ2) is 7.70. The molecule has 23 heavy (non-hydrogen) atoms. The molecule has 1 fully saturated rings. The van der Waals surface area contributed by atoms with Crippen LogP contribution in [-0.2, 0) is 14.8 Å². The highest BCUT2D eigenvalue weighted by molar-refractivity contribution is 7.89. The average Bonchev–Trinajstić information content (AvgIpc) is 2.48. The van der Waals surface area contributed by atoms with Crippen LogP contribution >= 0.6 is 0 Å². The smallest absolute Gasteiger partial charge is 0.240 e. The number of morpholine rings is 1. The molecule has 0 aromatic heterocycles. The van der Waals surface area contributed by atoms with E-state index in [2.05, 4.69) is 23.5 Å². The first kappa shape index (κ1) is 18.3. The topological polar surface area (TPSA) is 58.6 Å². The van der Waals surface area contributed by atoms with Crippen LogP contribution in [0.2, 0.25) is 0 Å². The normalized spacial score (nSPS) is 20.1. The zero-order chi connectivity index (χ0) is 17.0. The minimum absolute atomic E-state index is 0.0598. The van der Waals surface area contributed by atoms with Gasteiger partial charge in [-0.05, 0) is 30.5 Å². The van der Waals surface area contributed by atoms with E-state index in [1.165, 1.54) is 12.1 Å². The first-order valence-corrected chi connectivity index (χ1v) is 9.36. The van der Waals surface area contributed by atoms with Gasteiger partial charge in [0.25, 0.3) is 0 Å². The summed E-state index contributed by atoms with van der Waals surface area (Å²) in [5.41, 5.74) is 0.420. The number of hydrogen-bond donors (Lipinski definition) is 1. The molecule has 5 nitrogen and oxygen atoms in total. The number of nitrogens with one attached hydrogen (secondary N) is 1. The van der Waals surface area contributed by atoms with Crippen LogP contribution in [0.1, 0.15) is 19.4 Å². The summed E-state index contributed by atoms with van der Waals surface area (Å²) in [6.07, 6.45) is -0.187. The first-order valence-electron chi connectivity index (χ1n) is 7.87. The molecule has 0 amide bonds. The molecule has 0 saturated carbocycles. The van der Waals surface area contributed by atoms with E-state index in [1.54, 1.807) is 6.92 Å². The Kier molecular flexibility index (Phi) is 6.13. The van der Waals surface area contributed by atoms with E-state index in [1.807, 2.05) is 0 Å². The standard InChI is InChI=1S/C16H25FN2O3S/c1-12(2)10-19-6-7-22-14(11-19)9-18-23(20,21)15-5-4-13(3)16(17)8-15/h4-5,8,12,14,18H,6-7,9-11H2,1-3H3. The van der Waals surface area contributed by atoms with Gasteiger partial charge < -0.3 is 4.74 Å². The van der Waals surface area contributed by atoms with Crippen LogP contribution in [0.3, 0.4) is 0 Å². The van der Waals surface area contributed by atoms with Crippen molar-refractivity contribution in [1.29, 1.82) is 0 Å². The van der Waals surface area contributed by atoms with E-state index in [-0.39, 0.29) is 17.5 Å². The second-order valence-corrected chi connectivity index (χ2v) is 8.18. The molecule has 1 N–H and O–H groups in total. The van der Waals surface area contributed by atoms with E-state index in [4.69, 9.17) is 4.74 Å². The summed E-state index contributed by atoms with van der Waals surface area (Å²) in [7, 11) is -3.73. The largest absolute Gasteiger partial charge is 0.374 e. The minimum Gasteiger partial charge on any atom is -0.374 e. The van der Waals surface area contributed by atoms with Crippen molar-refractivity contribution in [3.8, 4) is 0 Å². The fraction of sp³-hybridized carbons (Fsp3) is 0.625. The summed E-state index contributed by atoms with van der Waals surface area (Å²) in [6.45, 7) is 9.21. The van der Waals surface area contributed by atoms with E-state index in [0.29, 0.717) is 24.6 Å². The summed E-state index contributed by atoms with van der Waals surface area (Å²) in [5, 5.41) is 0. The molecule has 7 heteroatoms. The Morgan fingerprint density at radius 1 is 1.43 bits per heavy atom. The van der Waals surface area contributed by atoms with E-state index < -0.39 is 15.8 Å². The van der Waals surface area contributed by atoms with Crippen molar-refractivity contribution < 1.29 is 17.5 Å². The molecule has 1 unspecified atom stereocenters. The molecule has 130 valence electrons. The van der Waals surface area contributed by atoms with Gasteiger partial charge in [0, 0.05) is 26.2 Å². The number of aryl methyl sites for hydroxylation is 1. The number of halogens is 1. The van der Waals surface area contributed by atoms with Gasteiger partial charge in [-0.1, -0.05) is 19.9 Å². The number of sulfonamides is 1. The van der Waals surface area contributed by atoms with Crippen molar-refractivity contribution in [2.75, 3.05) is 32.8 Å². The lowest BCUT2D eigenvalue weighted by atomic mass is 10.2. The molecule has 1 heterocycles. The molecular weight excluding hydrogens is 319 g/mol. The second-order valence-electron chi connectivity index (χ2n) is 6.41. The maximum Gasteiger partial charge on any atom is 0.240 e. The van der Waals surface area contributed by atoms with Crippen LogP contribution in [0.25, 0.3) is 0 Å². The number of nitrogens with zero attached hydrogens (tertiary/aromatic N) is 1. The number of rotatable bonds is 6. The van der Waals surface area contributed by atoms with Crippen LogP contribution in [0.4, 0.5) is 4.39 Å². The predicted molar refractivity (Wildman–Crippen MR) is 87.3 cm³/mol. The molecule has 0 bridgehead atoms. The highest BCUT2D eigenvalue weighted by Gasteiger charge is 2.23. The molecule has 1 aliphatic heterocycles. The highest BCUT2D eigenvalue weighted by atomic mass is 32.2. The Morgan fingerprint density at radius 3 is 2.83 bits per heavy atom. The van der Waals surface area contributed by atoms with Crippen molar-refractivity contribution in [3.63, 3.8) is 0 Å². The number of benzene rings is 1. The third-order valence-corrected chi connectivity index (χ3v) is 5.22. The Balaban J connectivity index is 1.94. The average molecular weight is 344 g/mol. The molecule has 1 aromatic rings. The lowest BCUT2D eigenvalue weighted by molar-refractivity contribution is -0.0280. The Morgan fingerprint density at radius 2 is 2.17 bits per heavy atom. The molecule has 1 aliphatic rings. The van der Waals surface area contributed by atoms with Crippen molar-refractivity contribution in [1.82, 2.24) is 9.62 Å². The van der Waals surface area contributed by atoms with Crippen molar-refractivity contribution >= 4 is 10.0 Å². The molecule has 0 radical (unpaired) electrons. The fourth-order valence-corrected chi connectivity index (χ4v) is 3.69. The van der Waals surface area contributed by atoms with E-state index in [0.717, 1.165) is 19.2 Å². The van der Waals surface area contributed by atoms with Gasteiger partial charge in [-0.3, -0.25) is 4.90 Å². The molecule has 0 spiro atoms. The van der Waals surface area contributed by atoms with Crippen molar-refractivity contribution in [3.05, 3.63) is 29.6 Å². The van der Waals surface area contributed by atoms with Crippen LogP contribution in [-0.4, -0.2) is 52.2 Å². The minimum atomic E-state index is -3.73. The van der Waals surface area contributed by atoms with Crippen LogP contribution in [0.15, 0.2) is 23.1 Å². The number of ether oxygens (including phenoxy) is 1. The van der Waals surface area contributed by atoms with Crippen LogP contribution in [0, 0.1) is 18.7 Å². The van der Waals surface area contributed by atoms with Gasteiger partial charge in [-0.25, -0.2) is 17.5 Å². The van der Waals surface area contributed by atoms with Gasteiger partial charge >= 0.3 is 0 Å². The van der Waals surface area contributed by atoms with Crippen LogP contribution in [0.5, 0.6) is 0 Å². The van der Waals surface area contributed by atoms with Gasteiger partial charge in [-0.15, -0.1) is 0 Å². The SMILES string of the molecule is Cc1ccc(S(=O)(=O)NCC2CN(CC(C)C)CCO2)cc1F. The molecule has 1 atom stereocenters. The zero-order valence-electron chi connectivity index (χ0n) is 13.9. The summed E-state index contributed by atoms with van der Waals surface area (Å²) in [5.74, 6) is 0.0332. The third kappa shape index (κ3) is 5.24. The Hall–Kier alpha value is -1.02. The molecule has 1 aromatic carbocycles. The van der Waals surface area contributed by atoms with Crippen LogP contribution < -0.4 is 4.72 Å². The Bertz CT molecular complexity index is 634. The maximum absolute atomic E-state index is 13.6. The molecular formula is C16H25FN2O3S. The fourth-order valence-electron chi connectivity index (χ4n) is 2.61. The summed E-state index contributed by atoms with van der Waals surface area (Å²) < 4.78 is 46.2. The quantitative estimate of drug-likeness (QED) is 0.854. The Labute approximate surface area is 137 Å². The molecule has 0 aliphatic carbocycles. The zero-order valence-corrected chi connectivity index (χ0v) is 14.7. The lowest BCUT2D eigenvalue weighted by Gasteiger charge is -2.33. The monoisotopic (exact) mass is 344 g/mol. The predicted octanol–water partition coefficient (Wildman–Crippen LogP) is 1.77.